The summed E-state index contributed by atoms with van der Waals surface area (Å²) in [7, 11) is 0.822. The first kappa shape index (κ1) is 17.7. The third-order valence-corrected chi connectivity index (χ3v) is 3.39. The highest BCUT2D eigenvalue weighted by Gasteiger charge is 2.47. The lowest BCUT2D eigenvalue weighted by molar-refractivity contribution is -0.148. The predicted octanol–water partition coefficient (Wildman–Crippen LogP) is 3.06. The first-order chi connectivity index (χ1) is 11.1. The molecule has 0 aliphatic carbocycles. The second-order valence-corrected chi connectivity index (χ2v) is 5.39. The van der Waals surface area contributed by atoms with E-state index in [1.807, 2.05) is 6.07 Å². The summed E-state index contributed by atoms with van der Waals surface area (Å²) < 4.78 is 43.9. The molecule has 0 atom stereocenters. The van der Waals surface area contributed by atoms with Crippen LogP contribution in [0.1, 0.15) is 18.1 Å². The van der Waals surface area contributed by atoms with Crippen LogP contribution >= 0.6 is 0 Å². The van der Waals surface area contributed by atoms with Crippen molar-refractivity contribution >= 4 is 23.3 Å². The minimum atomic E-state index is -5.03. The van der Waals surface area contributed by atoms with E-state index in [2.05, 4.69) is 9.84 Å². The molecule has 2 rings (SSSR count). The van der Waals surface area contributed by atoms with Crippen molar-refractivity contribution in [3.63, 3.8) is 0 Å². The maximum Gasteiger partial charge on any atom is 0.424 e. The van der Waals surface area contributed by atoms with Crippen LogP contribution in [0.3, 0.4) is 0 Å². The van der Waals surface area contributed by atoms with Crippen molar-refractivity contribution in [2.75, 3.05) is 12.1 Å². The second-order valence-electron chi connectivity index (χ2n) is 5.39. The Labute approximate surface area is 136 Å². The van der Waals surface area contributed by atoms with Crippen LogP contribution < -0.4 is 5.01 Å². The topological polar surface area (TPSA) is 59.0 Å². The molecule has 0 spiro atoms. The maximum absolute atomic E-state index is 13.2. The fourth-order valence-corrected chi connectivity index (χ4v) is 2.50. The van der Waals surface area contributed by atoms with Crippen molar-refractivity contribution < 1.29 is 27.5 Å². The van der Waals surface area contributed by atoms with E-state index in [1.165, 1.54) is 6.92 Å². The number of benzene rings is 1. The van der Waals surface area contributed by atoms with E-state index in [0.717, 1.165) is 23.2 Å². The monoisotopic (exact) mass is 340 g/mol. The first-order valence-corrected chi connectivity index (χ1v) is 6.94. The number of carbonyl (C=O) groups excluding carboxylic acids is 2. The van der Waals surface area contributed by atoms with Gasteiger partial charge in [0.2, 0.25) is 0 Å². The van der Waals surface area contributed by atoms with Gasteiger partial charge in [0.05, 0.1) is 24.1 Å². The van der Waals surface area contributed by atoms with Crippen LogP contribution in [-0.4, -0.2) is 30.9 Å². The highest BCUT2D eigenvalue weighted by Crippen LogP contribution is 2.34. The Kier molecular flexibility index (Phi) is 4.50. The average Bonchev–Trinajstić information content (AvgIpc) is 2.73. The summed E-state index contributed by atoms with van der Waals surface area (Å²) >= 11 is 0. The molecule has 1 aliphatic rings. The summed E-state index contributed by atoms with van der Waals surface area (Å²) in [6.45, 7) is 4.82. The number of hydrogen-bond acceptors (Lipinski definition) is 4. The number of hydrazone groups is 1. The molecule has 1 amide bonds. The van der Waals surface area contributed by atoms with Crippen molar-refractivity contribution in [3.8, 4) is 0 Å². The van der Waals surface area contributed by atoms with Gasteiger partial charge in [-0.25, -0.2) is 4.79 Å². The lowest BCUT2D eigenvalue weighted by Gasteiger charge is -2.15. The number of rotatable bonds is 2. The normalized spacial score (nSPS) is 17.0. The predicted molar refractivity (Wildman–Crippen MR) is 81.6 cm³/mol. The quantitative estimate of drug-likeness (QED) is 0.614. The molecule has 0 radical (unpaired) electrons. The minimum Gasteiger partial charge on any atom is -0.465 e. The van der Waals surface area contributed by atoms with Gasteiger partial charge in [0.1, 0.15) is 0 Å². The molecule has 128 valence electrons. The molecule has 1 heterocycles. The van der Waals surface area contributed by atoms with E-state index in [1.54, 1.807) is 26.0 Å². The van der Waals surface area contributed by atoms with Crippen molar-refractivity contribution in [2.24, 2.45) is 5.10 Å². The van der Waals surface area contributed by atoms with Crippen LogP contribution in [0.25, 0.3) is 0 Å². The van der Waals surface area contributed by atoms with Gasteiger partial charge in [0, 0.05) is 0 Å². The number of methoxy groups -OCH3 is 1. The Hall–Kier alpha value is -2.64. The number of aryl methyl sites for hydroxylation is 2. The van der Waals surface area contributed by atoms with Crippen LogP contribution in [0.4, 0.5) is 18.9 Å². The molecule has 24 heavy (non-hydrogen) atoms. The molecule has 0 N–H and O–H groups in total. The van der Waals surface area contributed by atoms with E-state index in [4.69, 9.17) is 0 Å². The van der Waals surface area contributed by atoms with Crippen molar-refractivity contribution in [1.29, 1.82) is 0 Å². The fraction of sp³-hybridized carbons (Fsp3) is 0.312. The number of ether oxygens (including phenoxy) is 1. The van der Waals surface area contributed by atoms with Crippen molar-refractivity contribution in [2.45, 2.75) is 26.9 Å². The van der Waals surface area contributed by atoms with Gasteiger partial charge in [-0.05, 0) is 44.0 Å². The van der Waals surface area contributed by atoms with Gasteiger partial charge in [0.15, 0.2) is 5.57 Å². The maximum atomic E-state index is 13.2. The Morgan fingerprint density at radius 1 is 1.12 bits per heavy atom. The van der Waals surface area contributed by atoms with Crippen molar-refractivity contribution in [1.82, 2.24) is 0 Å². The molecular weight excluding hydrogens is 325 g/mol. The summed E-state index contributed by atoms with van der Waals surface area (Å²) in [5, 5.41) is 4.75. The van der Waals surface area contributed by atoms with Gasteiger partial charge in [-0.1, -0.05) is 6.07 Å². The number of alkyl halides is 3. The summed E-state index contributed by atoms with van der Waals surface area (Å²) in [5.74, 6) is -2.64. The zero-order valence-corrected chi connectivity index (χ0v) is 13.5. The molecule has 1 aliphatic heterocycles. The Bertz CT molecular complexity index is 759. The van der Waals surface area contributed by atoms with Crippen LogP contribution in [0, 0.1) is 13.8 Å². The summed E-state index contributed by atoms with van der Waals surface area (Å²) in [4.78, 5) is 24.1. The van der Waals surface area contributed by atoms with Gasteiger partial charge in [0.25, 0.3) is 5.91 Å². The number of amides is 1. The number of halogens is 3. The molecule has 0 bridgehead atoms. The number of carbonyl (C=O) groups is 2. The first-order valence-electron chi connectivity index (χ1n) is 6.94. The summed E-state index contributed by atoms with van der Waals surface area (Å²) in [5.41, 5.74) is -0.661. The minimum absolute atomic E-state index is 0.197. The third kappa shape index (κ3) is 3.17. The van der Waals surface area contributed by atoms with Crippen molar-refractivity contribution in [3.05, 3.63) is 40.5 Å². The van der Waals surface area contributed by atoms with Gasteiger partial charge in [-0.15, -0.1) is 0 Å². The van der Waals surface area contributed by atoms with E-state index in [9.17, 15) is 22.8 Å². The van der Waals surface area contributed by atoms with Crippen LogP contribution in [0.5, 0.6) is 0 Å². The van der Waals surface area contributed by atoms with Gasteiger partial charge in [-0.3, -0.25) is 4.79 Å². The third-order valence-electron chi connectivity index (χ3n) is 3.39. The fourth-order valence-electron chi connectivity index (χ4n) is 2.50. The van der Waals surface area contributed by atoms with Gasteiger partial charge < -0.3 is 4.74 Å². The molecule has 5 nitrogen and oxygen atoms in total. The average molecular weight is 340 g/mol. The molecule has 0 saturated carbocycles. The molecule has 0 saturated heterocycles. The Morgan fingerprint density at radius 3 is 2.12 bits per heavy atom. The molecule has 0 aromatic heterocycles. The number of anilines is 1. The number of esters is 1. The van der Waals surface area contributed by atoms with Crippen LogP contribution in [0.2, 0.25) is 0 Å². The smallest absolute Gasteiger partial charge is 0.424 e. The number of nitrogens with zero attached hydrogens (tertiary/aromatic N) is 2. The lowest BCUT2D eigenvalue weighted by Crippen LogP contribution is -2.29. The zero-order valence-electron chi connectivity index (χ0n) is 13.5. The summed E-state index contributed by atoms with van der Waals surface area (Å²) in [6, 6.07) is 5.10. The largest absolute Gasteiger partial charge is 0.465 e. The van der Waals surface area contributed by atoms with E-state index in [-0.39, 0.29) is 5.71 Å². The van der Waals surface area contributed by atoms with Crippen LogP contribution in [0.15, 0.2) is 34.4 Å². The van der Waals surface area contributed by atoms with Gasteiger partial charge in [-0.2, -0.15) is 23.3 Å². The molecule has 1 aromatic rings. The SMILES string of the molecule is COC(=O)C(=C1C(=O)N(c2cc(C)cc(C)c2)N=C1C)C(F)(F)F. The Morgan fingerprint density at radius 2 is 1.67 bits per heavy atom. The second kappa shape index (κ2) is 6.10. The Balaban J connectivity index is 2.61. The molecule has 0 unspecified atom stereocenters. The van der Waals surface area contributed by atoms with Gasteiger partial charge >= 0.3 is 12.1 Å². The van der Waals surface area contributed by atoms with Crippen LogP contribution in [-0.2, 0) is 14.3 Å². The molecular formula is C16H15F3N2O3. The van der Waals surface area contributed by atoms with E-state index < -0.39 is 29.2 Å². The standard InChI is InChI=1S/C16H15F3N2O3/c1-8-5-9(2)7-11(6-8)21-14(22)12(10(3)20-21)13(15(23)24-4)16(17,18)19/h5-7H,1-4H3. The molecule has 0 fully saturated rings. The summed E-state index contributed by atoms with van der Waals surface area (Å²) in [6.07, 6.45) is -5.03. The van der Waals surface area contributed by atoms with E-state index in [0.29, 0.717) is 5.69 Å². The van der Waals surface area contributed by atoms with E-state index >= 15 is 0 Å². The zero-order chi connectivity index (χ0) is 18.2. The highest BCUT2D eigenvalue weighted by atomic mass is 19.4. The number of hydrogen-bond donors (Lipinski definition) is 0. The molecule has 1 aromatic carbocycles. The lowest BCUT2D eigenvalue weighted by atomic mass is 10.0. The molecule has 8 heteroatoms. The highest BCUT2D eigenvalue weighted by molar-refractivity contribution is 6.32.